The van der Waals surface area contributed by atoms with Crippen LogP contribution in [0.15, 0.2) is 72.3 Å². The normalized spacial score (nSPS) is 10.8. The van der Waals surface area contributed by atoms with E-state index in [0.717, 1.165) is 5.56 Å². The Balaban J connectivity index is 1.75. The average molecular weight is 464 g/mol. The van der Waals surface area contributed by atoms with Gasteiger partial charge in [0.15, 0.2) is 6.61 Å². The van der Waals surface area contributed by atoms with Crippen molar-refractivity contribution in [3.05, 3.63) is 94.3 Å². The van der Waals surface area contributed by atoms with Gasteiger partial charge in [-0.15, -0.1) is 0 Å². The van der Waals surface area contributed by atoms with Crippen LogP contribution in [0.2, 0.25) is 5.02 Å². The van der Waals surface area contributed by atoms with Gasteiger partial charge in [-0.2, -0.15) is 5.26 Å². The number of carbonyl (C=O) groups excluding carboxylic acids is 2. The Kier molecular flexibility index (Phi) is 7.79. The number of aryl methyl sites for hydroxylation is 1. The number of carbonyl (C=O) groups is 2. The lowest BCUT2D eigenvalue weighted by molar-refractivity contribution is -0.118. The van der Waals surface area contributed by atoms with Gasteiger partial charge in [-0.3, -0.25) is 9.59 Å². The minimum atomic E-state index is -0.591. The Labute approximate surface area is 195 Å². The van der Waals surface area contributed by atoms with Gasteiger partial charge in [-0.05, 0) is 67.1 Å². The molecule has 0 unspecified atom stereocenters. The lowest BCUT2D eigenvalue weighted by Crippen LogP contribution is -2.20. The zero-order valence-electron chi connectivity index (χ0n) is 17.6. The monoisotopic (exact) mass is 463 g/mol. The Hall–Kier alpha value is -4.15. The minimum absolute atomic E-state index is 0.166. The van der Waals surface area contributed by atoms with Crippen LogP contribution in [0.4, 0.5) is 15.8 Å². The van der Waals surface area contributed by atoms with Crippen LogP contribution >= 0.6 is 11.6 Å². The molecule has 0 saturated heterocycles. The smallest absolute Gasteiger partial charge is 0.266 e. The average Bonchev–Trinajstić information content (AvgIpc) is 2.79. The first-order chi connectivity index (χ1) is 15.9. The largest absolute Gasteiger partial charge is 0.483 e. The number of nitrogens with zero attached hydrogens (tertiary/aromatic N) is 1. The fourth-order valence-electron chi connectivity index (χ4n) is 2.84. The van der Waals surface area contributed by atoms with Gasteiger partial charge in [-0.25, -0.2) is 4.39 Å². The SMILES string of the molecule is Cc1ccccc1NC(=O)C(C#N)=Cc1cc(Cl)ccc1OCC(=O)Nc1ccc(F)cc1. The number of amides is 2. The van der Waals surface area contributed by atoms with Gasteiger partial charge in [0.25, 0.3) is 11.8 Å². The molecule has 0 bridgehead atoms. The molecule has 0 aliphatic carbocycles. The maximum Gasteiger partial charge on any atom is 0.266 e. The van der Waals surface area contributed by atoms with Gasteiger partial charge >= 0.3 is 0 Å². The van der Waals surface area contributed by atoms with Gasteiger partial charge in [0.2, 0.25) is 0 Å². The number of hydrogen-bond donors (Lipinski definition) is 2. The molecular formula is C25H19ClFN3O3. The van der Waals surface area contributed by atoms with Crippen molar-refractivity contribution >= 4 is 40.9 Å². The third-order valence-electron chi connectivity index (χ3n) is 4.52. The highest BCUT2D eigenvalue weighted by atomic mass is 35.5. The summed E-state index contributed by atoms with van der Waals surface area (Å²) >= 11 is 6.08. The van der Waals surface area contributed by atoms with E-state index in [-0.39, 0.29) is 17.9 Å². The van der Waals surface area contributed by atoms with E-state index in [4.69, 9.17) is 16.3 Å². The van der Waals surface area contributed by atoms with Gasteiger partial charge in [0.05, 0.1) is 0 Å². The predicted molar refractivity (Wildman–Crippen MR) is 125 cm³/mol. The van der Waals surface area contributed by atoms with Crippen molar-refractivity contribution in [2.45, 2.75) is 6.92 Å². The summed E-state index contributed by atoms with van der Waals surface area (Å²) in [5, 5.41) is 15.2. The van der Waals surface area contributed by atoms with E-state index in [2.05, 4.69) is 10.6 Å². The predicted octanol–water partition coefficient (Wildman–Crippen LogP) is 5.35. The molecule has 0 atom stereocenters. The number of halogens is 2. The highest BCUT2D eigenvalue weighted by molar-refractivity contribution is 6.30. The van der Waals surface area contributed by atoms with Crippen LogP contribution in [-0.4, -0.2) is 18.4 Å². The molecular weight excluding hydrogens is 445 g/mol. The summed E-state index contributed by atoms with van der Waals surface area (Å²) in [5.74, 6) is -1.22. The molecule has 0 aromatic heterocycles. The number of rotatable bonds is 7. The number of hydrogen-bond acceptors (Lipinski definition) is 4. The molecule has 8 heteroatoms. The Bertz CT molecular complexity index is 1250. The van der Waals surface area contributed by atoms with Crippen molar-refractivity contribution in [2.24, 2.45) is 0 Å². The molecule has 0 aliphatic rings. The lowest BCUT2D eigenvalue weighted by Gasteiger charge is -2.11. The van der Waals surface area contributed by atoms with E-state index >= 15 is 0 Å². The van der Waals surface area contributed by atoms with Crippen LogP contribution in [0.1, 0.15) is 11.1 Å². The Morgan fingerprint density at radius 1 is 1.09 bits per heavy atom. The van der Waals surface area contributed by atoms with Gasteiger partial charge in [0.1, 0.15) is 23.2 Å². The number of anilines is 2. The van der Waals surface area contributed by atoms with Crippen molar-refractivity contribution < 1.29 is 18.7 Å². The topological polar surface area (TPSA) is 91.2 Å². The van der Waals surface area contributed by atoms with Gasteiger partial charge in [-0.1, -0.05) is 29.8 Å². The number of nitriles is 1. The molecule has 33 heavy (non-hydrogen) atoms. The van der Waals surface area contributed by atoms with Crippen LogP contribution in [0.3, 0.4) is 0 Å². The van der Waals surface area contributed by atoms with E-state index in [9.17, 15) is 19.2 Å². The van der Waals surface area contributed by atoms with E-state index in [0.29, 0.717) is 22.0 Å². The van der Waals surface area contributed by atoms with Crippen LogP contribution in [0.5, 0.6) is 5.75 Å². The standard InChI is InChI=1S/C25H19ClFN3O3/c1-16-4-2-3-5-22(16)30-25(32)18(14-28)12-17-13-19(26)6-11-23(17)33-15-24(31)29-21-9-7-20(27)8-10-21/h2-13H,15H2,1H3,(H,29,31)(H,30,32). The van der Waals surface area contributed by atoms with Crippen LogP contribution in [0, 0.1) is 24.1 Å². The van der Waals surface area contributed by atoms with Gasteiger partial charge < -0.3 is 15.4 Å². The third kappa shape index (κ3) is 6.66. The molecule has 0 fully saturated rings. The van der Waals surface area contributed by atoms with Crippen molar-refractivity contribution in [3.63, 3.8) is 0 Å². The molecule has 166 valence electrons. The minimum Gasteiger partial charge on any atom is -0.483 e. The Morgan fingerprint density at radius 3 is 2.52 bits per heavy atom. The van der Waals surface area contributed by atoms with Crippen LogP contribution in [-0.2, 0) is 9.59 Å². The zero-order valence-corrected chi connectivity index (χ0v) is 18.3. The summed E-state index contributed by atoms with van der Waals surface area (Å²) in [7, 11) is 0. The van der Waals surface area contributed by atoms with Crippen molar-refractivity contribution in [3.8, 4) is 11.8 Å². The summed E-state index contributed by atoms with van der Waals surface area (Å²) < 4.78 is 18.6. The molecule has 3 aromatic rings. The molecule has 0 saturated carbocycles. The van der Waals surface area contributed by atoms with E-state index in [1.165, 1.54) is 42.5 Å². The second kappa shape index (κ2) is 10.9. The second-order valence-corrected chi connectivity index (χ2v) is 7.40. The second-order valence-electron chi connectivity index (χ2n) is 6.96. The fourth-order valence-corrected chi connectivity index (χ4v) is 3.02. The molecule has 3 rings (SSSR count). The summed E-state index contributed by atoms with van der Waals surface area (Å²) in [4.78, 5) is 24.8. The lowest BCUT2D eigenvalue weighted by atomic mass is 10.1. The summed E-state index contributed by atoms with van der Waals surface area (Å²) in [6.45, 7) is 1.49. The molecule has 6 nitrogen and oxygen atoms in total. The molecule has 0 spiro atoms. The maximum absolute atomic E-state index is 13.0. The van der Waals surface area contributed by atoms with E-state index in [1.807, 2.05) is 25.1 Å². The Morgan fingerprint density at radius 2 is 1.82 bits per heavy atom. The molecule has 3 aromatic carbocycles. The highest BCUT2D eigenvalue weighted by Gasteiger charge is 2.14. The van der Waals surface area contributed by atoms with Crippen molar-refractivity contribution in [1.82, 2.24) is 0 Å². The number of benzene rings is 3. The quantitative estimate of drug-likeness (QED) is 0.365. The third-order valence-corrected chi connectivity index (χ3v) is 4.75. The summed E-state index contributed by atoms with van der Waals surface area (Å²) in [6, 6.07) is 19.0. The van der Waals surface area contributed by atoms with Crippen LogP contribution in [0.25, 0.3) is 6.08 Å². The zero-order chi connectivity index (χ0) is 23.8. The fraction of sp³-hybridized carbons (Fsp3) is 0.0800. The molecule has 0 heterocycles. The molecule has 2 amide bonds. The first-order valence-corrected chi connectivity index (χ1v) is 10.2. The maximum atomic E-state index is 13.0. The van der Waals surface area contributed by atoms with Crippen LogP contribution < -0.4 is 15.4 Å². The highest BCUT2D eigenvalue weighted by Crippen LogP contribution is 2.26. The first kappa shape index (κ1) is 23.5. The number of para-hydroxylation sites is 1. The molecule has 0 radical (unpaired) electrons. The first-order valence-electron chi connectivity index (χ1n) is 9.82. The van der Waals surface area contributed by atoms with Crippen molar-refractivity contribution in [2.75, 3.05) is 17.2 Å². The molecule has 2 N–H and O–H groups in total. The van der Waals surface area contributed by atoms with Gasteiger partial charge in [0, 0.05) is 22.0 Å². The number of ether oxygens (including phenoxy) is 1. The molecule has 0 aliphatic heterocycles. The number of nitrogens with one attached hydrogen (secondary N) is 2. The van der Waals surface area contributed by atoms with Crippen molar-refractivity contribution in [1.29, 1.82) is 5.26 Å². The van der Waals surface area contributed by atoms with E-state index in [1.54, 1.807) is 18.2 Å². The summed E-state index contributed by atoms with van der Waals surface area (Å²) in [6.07, 6.45) is 1.34. The summed E-state index contributed by atoms with van der Waals surface area (Å²) in [5.41, 5.74) is 2.04. The van der Waals surface area contributed by atoms with E-state index < -0.39 is 17.6 Å².